The smallest absolute Gasteiger partial charge is 0.340 e. The Morgan fingerprint density at radius 3 is 3.05 bits per heavy atom. The van der Waals surface area contributed by atoms with E-state index in [0.29, 0.717) is 30.2 Å². The van der Waals surface area contributed by atoms with E-state index in [1.165, 1.54) is 0 Å². The molecule has 1 aliphatic heterocycles. The molecular formula is C14H21N3O3. The zero-order chi connectivity index (χ0) is 14.7. The topological polar surface area (TPSA) is 88.7 Å². The van der Waals surface area contributed by atoms with Gasteiger partial charge in [-0.05, 0) is 25.3 Å². The first kappa shape index (κ1) is 14.6. The number of hydrogen-bond donors (Lipinski definition) is 2. The lowest BCUT2D eigenvalue weighted by Gasteiger charge is -2.35. The van der Waals surface area contributed by atoms with Crippen LogP contribution in [0.5, 0.6) is 0 Å². The summed E-state index contributed by atoms with van der Waals surface area (Å²) in [7, 11) is 0. The van der Waals surface area contributed by atoms with Crippen molar-refractivity contribution in [2.24, 2.45) is 5.92 Å². The molecule has 0 aliphatic carbocycles. The molecule has 1 saturated heterocycles. The zero-order valence-corrected chi connectivity index (χ0v) is 11.9. The van der Waals surface area contributed by atoms with Gasteiger partial charge in [0.2, 0.25) is 0 Å². The summed E-state index contributed by atoms with van der Waals surface area (Å²) in [4.78, 5) is 18.0. The lowest BCUT2D eigenvalue weighted by atomic mass is 9.96. The fourth-order valence-corrected chi connectivity index (χ4v) is 2.34. The number of nitrogens with zero attached hydrogens (tertiary/aromatic N) is 2. The SMILES string of the molecule is CCOC(=O)c1ccnc(N2CCC(C)C(O)C2)c1N. The number of pyridine rings is 1. The van der Waals surface area contributed by atoms with Crippen LogP contribution in [0.1, 0.15) is 30.6 Å². The molecule has 0 bridgehead atoms. The van der Waals surface area contributed by atoms with Gasteiger partial charge in [0, 0.05) is 19.3 Å². The van der Waals surface area contributed by atoms with Crippen molar-refractivity contribution in [3.8, 4) is 0 Å². The number of esters is 1. The Morgan fingerprint density at radius 1 is 1.65 bits per heavy atom. The summed E-state index contributed by atoms with van der Waals surface area (Å²) < 4.78 is 4.97. The van der Waals surface area contributed by atoms with Gasteiger partial charge in [-0.1, -0.05) is 6.92 Å². The number of carbonyl (C=O) groups is 1. The Labute approximate surface area is 118 Å². The van der Waals surface area contributed by atoms with Crippen molar-refractivity contribution in [3.05, 3.63) is 17.8 Å². The summed E-state index contributed by atoms with van der Waals surface area (Å²) in [5.41, 5.74) is 6.68. The molecule has 110 valence electrons. The molecule has 0 radical (unpaired) electrons. The minimum Gasteiger partial charge on any atom is -0.462 e. The number of nitrogen functional groups attached to an aromatic ring is 1. The number of hydrogen-bond acceptors (Lipinski definition) is 6. The number of aliphatic hydroxyl groups is 1. The van der Waals surface area contributed by atoms with Gasteiger partial charge in [0.1, 0.15) is 0 Å². The minimum absolute atomic E-state index is 0.265. The number of aromatic nitrogens is 1. The van der Waals surface area contributed by atoms with E-state index in [0.717, 1.165) is 13.0 Å². The Balaban J connectivity index is 2.25. The third-order valence-corrected chi connectivity index (χ3v) is 3.68. The molecule has 0 amide bonds. The molecular weight excluding hydrogens is 258 g/mol. The van der Waals surface area contributed by atoms with Crippen LogP contribution in [-0.4, -0.2) is 41.9 Å². The van der Waals surface area contributed by atoms with Crippen molar-refractivity contribution in [1.82, 2.24) is 4.98 Å². The summed E-state index contributed by atoms with van der Waals surface area (Å²) in [5.74, 6) is 0.363. The number of carbonyl (C=O) groups excluding carboxylic acids is 1. The second kappa shape index (κ2) is 6.09. The fraction of sp³-hybridized carbons (Fsp3) is 0.571. The zero-order valence-electron chi connectivity index (χ0n) is 11.9. The maximum absolute atomic E-state index is 11.8. The molecule has 2 unspecified atom stereocenters. The standard InChI is InChI=1S/C14H21N3O3/c1-3-20-14(19)10-4-6-16-13(12(10)15)17-7-5-9(2)11(18)8-17/h4,6,9,11,18H,3,5,7-8,15H2,1-2H3. The van der Waals surface area contributed by atoms with Crippen LogP contribution in [0.15, 0.2) is 12.3 Å². The highest BCUT2D eigenvalue weighted by Gasteiger charge is 2.27. The third-order valence-electron chi connectivity index (χ3n) is 3.68. The fourth-order valence-electron chi connectivity index (χ4n) is 2.34. The normalized spacial score (nSPS) is 22.6. The van der Waals surface area contributed by atoms with Crippen LogP contribution >= 0.6 is 0 Å². The first-order valence-electron chi connectivity index (χ1n) is 6.89. The van der Waals surface area contributed by atoms with E-state index in [9.17, 15) is 9.90 Å². The molecule has 1 fully saturated rings. The van der Waals surface area contributed by atoms with Gasteiger partial charge in [0.25, 0.3) is 0 Å². The monoisotopic (exact) mass is 279 g/mol. The van der Waals surface area contributed by atoms with E-state index < -0.39 is 12.1 Å². The maximum atomic E-state index is 11.8. The Hall–Kier alpha value is -1.82. The maximum Gasteiger partial charge on any atom is 0.340 e. The molecule has 2 rings (SSSR count). The number of rotatable bonds is 3. The van der Waals surface area contributed by atoms with Crippen molar-refractivity contribution in [2.45, 2.75) is 26.4 Å². The van der Waals surface area contributed by atoms with E-state index in [2.05, 4.69) is 4.98 Å². The summed E-state index contributed by atoms with van der Waals surface area (Å²) >= 11 is 0. The molecule has 20 heavy (non-hydrogen) atoms. The highest BCUT2D eigenvalue weighted by Crippen LogP contribution is 2.28. The van der Waals surface area contributed by atoms with Gasteiger partial charge >= 0.3 is 5.97 Å². The van der Waals surface area contributed by atoms with Crippen LogP contribution in [0.4, 0.5) is 11.5 Å². The molecule has 2 atom stereocenters. The Morgan fingerprint density at radius 2 is 2.40 bits per heavy atom. The largest absolute Gasteiger partial charge is 0.462 e. The summed E-state index contributed by atoms with van der Waals surface area (Å²) in [6.07, 6.45) is 2.00. The number of piperidine rings is 1. The van der Waals surface area contributed by atoms with Crippen molar-refractivity contribution in [1.29, 1.82) is 0 Å². The molecule has 2 heterocycles. The predicted octanol–water partition coefficient (Wildman–Crippen LogP) is 1.05. The van der Waals surface area contributed by atoms with Crippen molar-refractivity contribution in [2.75, 3.05) is 30.3 Å². The number of ether oxygens (including phenoxy) is 1. The molecule has 6 heteroatoms. The van der Waals surface area contributed by atoms with Crippen LogP contribution in [0, 0.1) is 5.92 Å². The van der Waals surface area contributed by atoms with Gasteiger partial charge < -0.3 is 20.5 Å². The molecule has 6 nitrogen and oxygen atoms in total. The number of nitrogens with two attached hydrogens (primary N) is 1. The van der Waals surface area contributed by atoms with Crippen LogP contribution in [-0.2, 0) is 4.74 Å². The molecule has 1 aromatic heterocycles. The van der Waals surface area contributed by atoms with E-state index in [1.807, 2.05) is 11.8 Å². The van der Waals surface area contributed by atoms with Gasteiger partial charge in [0.15, 0.2) is 5.82 Å². The van der Waals surface area contributed by atoms with Crippen LogP contribution in [0.3, 0.4) is 0 Å². The lowest BCUT2D eigenvalue weighted by Crippen LogP contribution is -2.43. The predicted molar refractivity (Wildman–Crippen MR) is 76.6 cm³/mol. The summed E-state index contributed by atoms with van der Waals surface area (Å²) in [5, 5.41) is 9.96. The van der Waals surface area contributed by atoms with Gasteiger partial charge in [0.05, 0.1) is 24.0 Å². The Kier molecular flexibility index (Phi) is 4.44. The minimum atomic E-state index is -0.445. The number of anilines is 2. The van der Waals surface area contributed by atoms with Gasteiger partial charge in [-0.2, -0.15) is 0 Å². The van der Waals surface area contributed by atoms with E-state index in [4.69, 9.17) is 10.5 Å². The lowest BCUT2D eigenvalue weighted by molar-refractivity contribution is 0.0527. The summed E-state index contributed by atoms with van der Waals surface area (Å²) in [6, 6.07) is 1.56. The number of β-amino-alcohol motifs (C(OH)–C–C–N with tert-alkyl or cyclic N) is 1. The van der Waals surface area contributed by atoms with Crippen LogP contribution in [0.25, 0.3) is 0 Å². The molecule has 1 aromatic rings. The first-order chi connectivity index (χ1) is 9.54. The average Bonchev–Trinajstić information content (AvgIpc) is 2.42. The molecule has 0 spiro atoms. The molecule has 0 aromatic carbocycles. The van der Waals surface area contributed by atoms with E-state index in [1.54, 1.807) is 19.2 Å². The van der Waals surface area contributed by atoms with Gasteiger partial charge in [-0.25, -0.2) is 9.78 Å². The second-order valence-electron chi connectivity index (χ2n) is 5.10. The Bertz CT molecular complexity index is 493. The quantitative estimate of drug-likeness (QED) is 0.804. The van der Waals surface area contributed by atoms with Gasteiger partial charge in [-0.15, -0.1) is 0 Å². The highest BCUT2D eigenvalue weighted by atomic mass is 16.5. The molecule has 3 N–H and O–H groups in total. The molecule has 1 aliphatic rings. The van der Waals surface area contributed by atoms with E-state index >= 15 is 0 Å². The first-order valence-corrected chi connectivity index (χ1v) is 6.89. The average molecular weight is 279 g/mol. The van der Waals surface area contributed by atoms with Crippen molar-refractivity contribution in [3.63, 3.8) is 0 Å². The second-order valence-corrected chi connectivity index (χ2v) is 5.10. The highest BCUT2D eigenvalue weighted by molar-refractivity contribution is 5.97. The van der Waals surface area contributed by atoms with Crippen molar-refractivity contribution < 1.29 is 14.6 Å². The third kappa shape index (κ3) is 2.85. The number of aliphatic hydroxyl groups excluding tert-OH is 1. The van der Waals surface area contributed by atoms with Crippen LogP contribution in [0.2, 0.25) is 0 Å². The summed E-state index contributed by atoms with van der Waals surface area (Å²) in [6.45, 7) is 5.31. The van der Waals surface area contributed by atoms with E-state index in [-0.39, 0.29) is 5.92 Å². The van der Waals surface area contributed by atoms with Gasteiger partial charge in [-0.3, -0.25) is 0 Å². The van der Waals surface area contributed by atoms with Crippen molar-refractivity contribution >= 4 is 17.5 Å². The molecule has 0 saturated carbocycles. The van der Waals surface area contributed by atoms with Crippen LogP contribution < -0.4 is 10.6 Å².